The molecule has 0 saturated heterocycles. The zero-order valence-corrected chi connectivity index (χ0v) is 6.34. The minimum atomic E-state index is -0.111. The molecule has 0 aliphatic heterocycles. The van der Waals surface area contributed by atoms with Crippen molar-refractivity contribution in [3.05, 3.63) is 35.0 Å². The summed E-state index contributed by atoms with van der Waals surface area (Å²) in [5.41, 5.74) is 0.461. The Morgan fingerprint density at radius 2 is 2.36 bits per heavy atom. The van der Waals surface area contributed by atoms with Crippen molar-refractivity contribution in [3.8, 4) is 0 Å². The van der Waals surface area contributed by atoms with Gasteiger partial charge in [0.1, 0.15) is 11.8 Å². The van der Waals surface area contributed by atoms with Crippen molar-refractivity contribution in [2.75, 3.05) is 0 Å². The van der Waals surface area contributed by atoms with Crippen molar-refractivity contribution in [1.29, 1.82) is 0 Å². The molecule has 58 valence electrons. The topological polar surface area (TPSA) is 50.2 Å². The lowest BCUT2D eigenvalue weighted by Crippen LogP contribution is -2.09. The van der Waals surface area contributed by atoms with Crippen LogP contribution in [-0.2, 0) is 0 Å². The number of rotatable bonds is 0. The molecule has 0 aliphatic carbocycles. The molecule has 0 unspecified atom stereocenters. The van der Waals surface area contributed by atoms with Crippen LogP contribution in [0.15, 0.2) is 29.5 Å². The SMILES string of the molecule is Cl.O=c1[nH]cnn2cccc12. The van der Waals surface area contributed by atoms with E-state index in [4.69, 9.17) is 0 Å². The lowest BCUT2D eigenvalue weighted by atomic mass is 10.5. The minimum Gasteiger partial charge on any atom is -0.310 e. The zero-order chi connectivity index (χ0) is 6.97. The molecule has 0 saturated carbocycles. The van der Waals surface area contributed by atoms with Crippen LogP contribution in [0, 0.1) is 0 Å². The molecule has 5 heteroatoms. The summed E-state index contributed by atoms with van der Waals surface area (Å²) in [6.45, 7) is 0. The summed E-state index contributed by atoms with van der Waals surface area (Å²) in [5.74, 6) is 0. The van der Waals surface area contributed by atoms with E-state index in [0.717, 1.165) is 0 Å². The van der Waals surface area contributed by atoms with Crippen LogP contribution >= 0.6 is 12.4 Å². The van der Waals surface area contributed by atoms with Gasteiger partial charge in [0.2, 0.25) is 0 Å². The highest BCUT2D eigenvalue weighted by molar-refractivity contribution is 5.85. The van der Waals surface area contributed by atoms with Gasteiger partial charge >= 0.3 is 0 Å². The van der Waals surface area contributed by atoms with Gasteiger partial charge in [0.25, 0.3) is 5.56 Å². The predicted molar refractivity (Wildman–Crippen MR) is 43.1 cm³/mol. The Balaban J connectivity index is 0.000000605. The van der Waals surface area contributed by atoms with Crippen molar-refractivity contribution in [2.45, 2.75) is 0 Å². The van der Waals surface area contributed by atoms with E-state index < -0.39 is 0 Å². The molecule has 0 atom stereocenters. The average Bonchev–Trinajstić information content (AvgIpc) is 2.36. The molecule has 0 aliphatic rings. The number of nitrogens with one attached hydrogen (secondary N) is 1. The normalized spacial score (nSPS) is 9.45. The number of nitrogens with zero attached hydrogens (tertiary/aromatic N) is 2. The van der Waals surface area contributed by atoms with E-state index in [-0.39, 0.29) is 18.0 Å². The van der Waals surface area contributed by atoms with Gasteiger partial charge in [-0.15, -0.1) is 12.4 Å². The minimum absolute atomic E-state index is 0. The van der Waals surface area contributed by atoms with E-state index in [2.05, 4.69) is 10.1 Å². The Morgan fingerprint density at radius 3 is 3.09 bits per heavy atom. The third kappa shape index (κ3) is 1.12. The van der Waals surface area contributed by atoms with E-state index in [1.165, 1.54) is 10.8 Å². The first kappa shape index (κ1) is 7.81. The number of aromatic nitrogens is 3. The van der Waals surface area contributed by atoms with Crippen LogP contribution in [0.5, 0.6) is 0 Å². The standard InChI is InChI=1S/C6H5N3O.ClH/c10-6-5-2-1-3-9(5)8-4-7-6;/h1-4H,(H,7,8,10);1H. The molecule has 0 spiro atoms. The second kappa shape index (κ2) is 2.75. The average molecular weight is 172 g/mol. The summed E-state index contributed by atoms with van der Waals surface area (Å²) in [4.78, 5) is 13.4. The van der Waals surface area contributed by atoms with E-state index in [1.54, 1.807) is 18.3 Å². The maximum Gasteiger partial charge on any atom is 0.275 e. The van der Waals surface area contributed by atoms with Crippen molar-refractivity contribution < 1.29 is 0 Å². The van der Waals surface area contributed by atoms with Crippen LogP contribution < -0.4 is 5.56 Å². The van der Waals surface area contributed by atoms with Gasteiger partial charge in [-0.1, -0.05) is 0 Å². The molecule has 0 bridgehead atoms. The van der Waals surface area contributed by atoms with Crippen LogP contribution in [0.3, 0.4) is 0 Å². The highest BCUT2D eigenvalue weighted by Crippen LogP contribution is 1.91. The highest BCUT2D eigenvalue weighted by atomic mass is 35.5. The third-order valence-corrected chi connectivity index (χ3v) is 1.34. The van der Waals surface area contributed by atoms with Crippen LogP contribution in [0.25, 0.3) is 5.52 Å². The first-order valence-electron chi connectivity index (χ1n) is 2.89. The molecule has 0 fully saturated rings. The molecular weight excluding hydrogens is 166 g/mol. The fourth-order valence-electron chi connectivity index (χ4n) is 0.876. The van der Waals surface area contributed by atoms with Gasteiger partial charge in [-0.3, -0.25) is 4.79 Å². The predicted octanol–water partition coefficient (Wildman–Crippen LogP) is 0.444. The van der Waals surface area contributed by atoms with Crippen LogP contribution in [-0.4, -0.2) is 14.6 Å². The largest absolute Gasteiger partial charge is 0.310 e. The molecule has 1 N–H and O–H groups in total. The Labute approximate surface area is 68.3 Å². The Bertz CT molecular complexity index is 405. The summed E-state index contributed by atoms with van der Waals surface area (Å²) >= 11 is 0. The summed E-state index contributed by atoms with van der Waals surface area (Å²) < 4.78 is 1.53. The van der Waals surface area contributed by atoms with Crippen LogP contribution in [0.1, 0.15) is 0 Å². The van der Waals surface area contributed by atoms with Crippen molar-refractivity contribution in [3.63, 3.8) is 0 Å². The second-order valence-electron chi connectivity index (χ2n) is 1.96. The molecule has 0 aromatic carbocycles. The third-order valence-electron chi connectivity index (χ3n) is 1.34. The van der Waals surface area contributed by atoms with Crippen molar-refractivity contribution >= 4 is 17.9 Å². The quantitative estimate of drug-likeness (QED) is 0.626. The Morgan fingerprint density at radius 1 is 1.55 bits per heavy atom. The molecule has 0 radical (unpaired) electrons. The van der Waals surface area contributed by atoms with Crippen molar-refractivity contribution in [1.82, 2.24) is 14.6 Å². The maximum atomic E-state index is 10.9. The number of H-pyrrole nitrogens is 1. The zero-order valence-electron chi connectivity index (χ0n) is 5.52. The van der Waals surface area contributed by atoms with Gasteiger partial charge in [0, 0.05) is 6.20 Å². The molecule has 11 heavy (non-hydrogen) atoms. The van der Waals surface area contributed by atoms with Gasteiger partial charge in [0.15, 0.2) is 0 Å². The molecule has 2 heterocycles. The lowest BCUT2D eigenvalue weighted by Gasteiger charge is -1.87. The van der Waals surface area contributed by atoms with Crippen molar-refractivity contribution in [2.24, 2.45) is 0 Å². The molecule has 2 aromatic heterocycles. The van der Waals surface area contributed by atoms with E-state index in [0.29, 0.717) is 5.52 Å². The first-order valence-corrected chi connectivity index (χ1v) is 2.89. The summed E-state index contributed by atoms with van der Waals surface area (Å²) in [6, 6.07) is 3.49. The van der Waals surface area contributed by atoms with Gasteiger partial charge in [0.05, 0.1) is 0 Å². The monoisotopic (exact) mass is 171 g/mol. The number of fused-ring (bicyclic) bond motifs is 1. The number of aromatic amines is 1. The molecular formula is C6H6ClN3O. The smallest absolute Gasteiger partial charge is 0.275 e. The molecule has 2 aromatic rings. The molecule has 4 nitrogen and oxygen atoms in total. The van der Waals surface area contributed by atoms with Gasteiger partial charge in [-0.2, -0.15) is 5.10 Å². The number of hydrogen-bond donors (Lipinski definition) is 1. The summed E-state index contributed by atoms with van der Waals surface area (Å²) in [5, 5.41) is 3.86. The van der Waals surface area contributed by atoms with E-state index in [1.807, 2.05) is 0 Å². The van der Waals surface area contributed by atoms with E-state index >= 15 is 0 Å². The highest BCUT2D eigenvalue weighted by Gasteiger charge is 1.93. The number of hydrogen-bond acceptors (Lipinski definition) is 2. The van der Waals surface area contributed by atoms with Gasteiger partial charge < -0.3 is 4.98 Å². The summed E-state index contributed by atoms with van der Waals surface area (Å²) in [7, 11) is 0. The van der Waals surface area contributed by atoms with E-state index in [9.17, 15) is 4.79 Å². The second-order valence-corrected chi connectivity index (χ2v) is 1.96. The van der Waals surface area contributed by atoms with Crippen LogP contribution in [0.2, 0.25) is 0 Å². The Kier molecular flexibility index (Phi) is 1.96. The molecule has 0 amide bonds. The fraction of sp³-hybridized carbons (Fsp3) is 0. The Hall–Kier alpha value is -1.29. The van der Waals surface area contributed by atoms with Gasteiger partial charge in [-0.05, 0) is 12.1 Å². The summed E-state index contributed by atoms with van der Waals surface area (Å²) in [6.07, 6.45) is 3.10. The first-order chi connectivity index (χ1) is 4.88. The van der Waals surface area contributed by atoms with Gasteiger partial charge in [-0.25, -0.2) is 4.52 Å². The lowest BCUT2D eigenvalue weighted by molar-refractivity contribution is 0.889. The molecule has 2 rings (SSSR count). The maximum absolute atomic E-state index is 10.9. The van der Waals surface area contributed by atoms with Crippen LogP contribution in [0.4, 0.5) is 0 Å². The number of halogens is 1. The fourth-order valence-corrected chi connectivity index (χ4v) is 0.876.